The zero-order valence-corrected chi connectivity index (χ0v) is 14.3. The Bertz CT molecular complexity index is 672. The third kappa shape index (κ3) is 4.03. The van der Waals surface area contributed by atoms with Crippen LogP contribution in [-0.4, -0.2) is 33.0 Å². The average molecular weight is 331 g/mol. The molecule has 2 aromatic rings. The number of aromatic nitrogens is 4. The Kier molecular flexibility index (Phi) is 5.30. The number of H-pyrrole nitrogens is 1. The lowest BCUT2D eigenvalue weighted by atomic mass is 9.86. The van der Waals surface area contributed by atoms with Crippen molar-refractivity contribution in [3.63, 3.8) is 0 Å². The number of aromatic amines is 1. The number of amides is 1. The Balaban J connectivity index is 1.59. The maximum absolute atomic E-state index is 12.4. The van der Waals surface area contributed by atoms with Crippen molar-refractivity contribution in [3.05, 3.63) is 29.7 Å². The van der Waals surface area contributed by atoms with Gasteiger partial charge in [-0.2, -0.15) is 10.2 Å². The van der Waals surface area contributed by atoms with E-state index in [1.54, 1.807) is 24.1 Å². The van der Waals surface area contributed by atoms with E-state index in [0.717, 1.165) is 23.6 Å². The van der Waals surface area contributed by atoms with Crippen LogP contribution in [0.2, 0.25) is 0 Å². The molecule has 0 aromatic carbocycles. The fraction of sp³-hybridized carbons (Fsp3) is 0.588. The van der Waals surface area contributed by atoms with Gasteiger partial charge in [0, 0.05) is 37.7 Å². The quantitative estimate of drug-likeness (QED) is 0.852. The van der Waals surface area contributed by atoms with Gasteiger partial charge in [-0.15, -0.1) is 0 Å². The molecule has 0 saturated heterocycles. The molecule has 1 amide bonds. The normalized spacial score (nSPS) is 16.9. The second-order valence-corrected chi connectivity index (χ2v) is 6.54. The van der Waals surface area contributed by atoms with Crippen molar-refractivity contribution in [2.45, 2.75) is 44.6 Å². The maximum atomic E-state index is 12.4. The Hall–Kier alpha value is -2.15. The predicted octanol–water partition coefficient (Wildman–Crippen LogP) is 2.59. The number of rotatable bonds is 6. The minimum Gasteiger partial charge on any atom is -0.367 e. The van der Waals surface area contributed by atoms with Crippen molar-refractivity contribution >= 4 is 11.7 Å². The first-order chi connectivity index (χ1) is 11.7. The summed E-state index contributed by atoms with van der Waals surface area (Å²) in [4.78, 5) is 12.4. The molecular formula is C17H25N5O2. The SMILES string of the molecule is CO[C@@H](C(=O)Nc1cc(CC2CCCCC2)[nH]n1)c1cnn(C)c1. The third-order valence-electron chi connectivity index (χ3n) is 4.62. The summed E-state index contributed by atoms with van der Waals surface area (Å²) in [7, 11) is 3.32. The number of hydrogen-bond donors (Lipinski definition) is 2. The van der Waals surface area contributed by atoms with Gasteiger partial charge in [-0.25, -0.2) is 0 Å². The van der Waals surface area contributed by atoms with E-state index in [9.17, 15) is 4.79 Å². The molecule has 0 unspecified atom stereocenters. The van der Waals surface area contributed by atoms with Crippen LogP contribution >= 0.6 is 0 Å². The summed E-state index contributed by atoms with van der Waals surface area (Å²) in [6.07, 6.45) is 10.3. The highest BCUT2D eigenvalue weighted by atomic mass is 16.5. The van der Waals surface area contributed by atoms with Gasteiger partial charge in [-0.3, -0.25) is 14.6 Å². The Morgan fingerprint density at radius 3 is 2.92 bits per heavy atom. The van der Waals surface area contributed by atoms with Gasteiger partial charge >= 0.3 is 0 Å². The first kappa shape index (κ1) is 16.7. The van der Waals surface area contributed by atoms with E-state index >= 15 is 0 Å². The fourth-order valence-electron chi connectivity index (χ4n) is 3.39. The van der Waals surface area contributed by atoms with Crippen LogP contribution in [0, 0.1) is 5.92 Å². The summed E-state index contributed by atoms with van der Waals surface area (Å²) in [5.41, 5.74) is 1.79. The molecule has 0 aliphatic heterocycles. The number of hydrogen-bond acceptors (Lipinski definition) is 4. The molecular weight excluding hydrogens is 306 g/mol. The van der Waals surface area contributed by atoms with E-state index in [4.69, 9.17) is 4.74 Å². The minimum atomic E-state index is -0.697. The lowest BCUT2D eigenvalue weighted by Crippen LogP contribution is -2.22. The van der Waals surface area contributed by atoms with Crippen LogP contribution in [-0.2, 0) is 23.0 Å². The van der Waals surface area contributed by atoms with Crippen molar-refractivity contribution in [2.75, 3.05) is 12.4 Å². The molecule has 2 aromatic heterocycles. The van der Waals surface area contributed by atoms with E-state index in [1.807, 2.05) is 6.07 Å². The minimum absolute atomic E-state index is 0.249. The van der Waals surface area contributed by atoms with Gasteiger partial charge in [0.05, 0.1) is 6.20 Å². The number of carbonyl (C=O) groups is 1. The van der Waals surface area contributed by atoms with Crippen molar-refractivity contribution in [1.82, 2.24) is 20.0 Å². The Labute approximate surface area is 141 Å². The Morgan fingerprint density at radius 1 is 1.46 bits per heavy atom. The van der Waals surface area contributed by atoms with Crippen LogP contribution < -0.4 is 5.32 Å². The van der Waals surface area contributed by atoms with Gasteiger partial charge in [-0.05, 0) is 12.3 Å². The van der Waals surface area contributed by atoms with E-state index in [1.165, 1.54) is 39.2 Å². The van der Waals surface area contributed by atoms with Gasteiger partial charge in [0.25, 0.3) is 5.91 Å². The highest BCUT2D eigenvalue weighted by Crippen LogP contribution is 2.27. The number of anilines is 1. The number of nitrogens with zero attached hydrogens (tertiary/aromatic N) is 3. The molecule has 2 heterocycles. The van der Waals surface area contributed by atoms with E-state index < -0.39 is 6.10 Å². The molecule has 1 aliphatic carbocycles. The van der Waals surface area contributed by atoms with Crippen molar-refractivity contribution < 1.29 is 9.53 Å². The molecule has 7 nitrogen and oxygen atoms in total. The lowest BCUT2D eigenvalue weighted by Gasteiger charge is -2.20. The number of aryl methyl sites for hydroxylation is 1. The molecule has 7 heteroatoms. The van der Waals surface area contributed by atoms with Crippen molar-refractivity contribution in [1.29, 1.82) is 0 Å². The largest absolute Gasteiger partial charge is 0.367 e. The van der Waals surface area contributed by atoms with Crippen LogP contribution in [0.5, 0.6) is 0 Å². The van der Waals surface area contributed by atoms with E-state index in [2.05, 4.69) is 20.6 Å². The van der Waals surface area contributed by atoms with Gasteiger partial charge in [0.15, 0.2) is 11.9 Å². The van der Waals surface area contributed by atoms with Crippen LogP contribution in [0.3, 0.4) is 0 Å². The summed E-state index contributed by atoms with van der Waals surface area (Å²) in [5.74, 6) is 1.02. The highest BCUT2D eigenvalue weighted by Gasteiger charge is 2.23. The van der Waals surface area contributed by atoms with Crippen molar-refractivity contribution in [3.8, 4) is 0 Å². The summed E-state index contributed by atoms with van der Waals surface area (Å²) in [5, 5.41) is 14.1. The first-order valence-corrected chi connectivity index (χ1v) is 8.52. The van der Waals surface area contributed by atoms with Gasteiger partial charge in [0.2, 0.25) is 0 Å². The zero-order chi connectivity index (χ0) is 16.9. The van der Waals surface area contributed by atoms with Crippen molar-refractivity contribution in [2.24, 2.45) is 13.0 Å². The van der Waals surface area contributed by atoms with Crippen LogP contribution in [0.15, 0.2) is 18.5 Å². The predicted molar refractivity (Wildman–Crippen MR) is 90.5 cm³/mol. The standard InChI is InChI=1S/C17H25N5O2/c1-22-11-13(10-18-22)16(24-2)17(23)19-15-9-14(20-21-15)8-12-6-4-3-5-7-12/h9-12,16H,3-8H2,1-2H3,(H2,19,20,21,23)/t16-/m1/s1. The summed E-state index contributed by atoms with van der Waals surface area (Å²) in [6.45, 7) is 0. The Morgan fingerprint density at radius 2 is 2.25 bits per heavy atom. The molecule has 24 heavy (non-hydrogen) atoms. The van der Waals surface area contributed by atoms with Gasteiger partial charge in [-0.1, -0.05) is 32.1 Å². The van der Waals surface area contributed by atoms with Gasteiger partial charge in [0.1, 0.15) is 0 Å². The number of ether oxygens (including phenoxy) is 1. The third-order valence-corrected chi connectivity index (χ3v) is 4.62. The average Bonchev–Trinajstić information content (AvgIpc) is 3.18. The second-order valence-electron chi connectivity index (χ2n) is 6.54. The monoisotopic (exact) mass is 331 g/mol. The molecule has 1 fully saturated rings. The molecule has 3 rings (SSSR count). The lowest BCUT2D eigenvalue weighted by molar-refractivity contribution is -0.126. The number of nitrogens with one attached hydrogen (secondary N) is 2. The van der Waals surface area contributed by atoms with Gasteiger partial charge < -0.3 is 10.1 Å². The zero-order valence-electron chi connectivity index (χ0n) is 14.3. The van der Waals surface area contributed by atoms with Crippen LogP contribution in [0.1, 0.15) is 49.5 Å². The molecule has 1 atom stereocenters. The first-order valence-electron chi connectivity index (χ1n) is 8.52. The molecule has 0 spiro atoms. The topological polar surface area (TPSA) is 84.8 Å². The molecule has 130 valence electrons. The number of methoxy groups -OCH3 is 1. The second kappa shape index (κ2) is 7.61. The van der Waals surface area contributed by atoms with E-state index in [0.29, 0.717) is 5.82 Å². The highest BCUT2D eigenvalue weighted by molar-refractivity contribution is 5.94. The van der Waals surface area contributed by atoms with E-state index in [-0.39, 0.29) is 5.91 Å². The maximum Gasteiger partial charge on any atom is 0.259 e. The summed E-state index contributed by atoms with van der Waals surface area (Å²) in [6, 6.07) is 1.92. The molecule has 0 bridgehead atoms. The fourth-order valence-corrected chi connectivity index (χ4v) is 3.39. The van der Waals surface area contributed by atoms with Crippen LogP contribution in [0.4, 0.5) is 5.82 Å². The molecule has 0 radical (unpaired) electrons. The molecule has 2 N–H and O–H groups in total. The number of carbonyl (C=O) groups excluding carboxylic acids is 1. The summed E-state index contributed by atoms with van der Waals surface area (Å²) >= 11 is 0. The smallest absolute Gasteiger partial charge is 0.259 e. The molecule has 1 aliphatic rings. The van der Waals surface area contributed by atoms with Crippen LogP contribution in [0.25, 0.3) is 0 Å². The summed E-state index contributed by atoms with van der Waals surface area (Å²) < 4.78 is 6.95. The molecule has 1 saturated carbocycles.